The highest BCUT2D eigenvalue weighted by molar-refractivity contribution is 7.19. The second-order valence-corrected chi connectivity index (χ2v) is 8.30. The zero-order valence-corrected chi connectivity index (χ0v) is 17.1. The molecule has 0 unspecified atom stereocenters. The highest BCUT2D eigenvalue weighted by Crippen LogP contribution is 2.35. The van der Waals surface area contributed by atoms with E-state index in [0.717, 1.165) is 10.6 Å². The number of halogens is 1. The number of hydrogen-bond donors (Lipinski definition) is 1. The number of thiophene rings is 1. The van der Waals surface area contributed by atoms with Gasteiger partial charge in [0.25, 0.3) is 5.91 Å². The fourth-order valence-corrected chi connectivity index (χ4v) is 4.40. The van der Waals surface area contributed by atoms with Crippen LogP contribution in [-0.4, -0.2) is 17.5 Å². The molecule has 29 heavy (non-hydrogen) atoms. The van der Waals surface area contributed by atoms with Crippen molar-refractivity contribution in [2.75, 3.05) is 11.9 Å². The lowest BCUT2D eigenvalue weighted by atomic mass is 10.1. The molecule has 0 bridgehead atoms. The third-order valence-electron chi connectivity index (χ3n) is 4.13. The van der Waals surface area contributed by atoms with Gasteiger partial charge in [-0.25, -0.2) is 9.37 Å². The Kier molecular flexibility index (Phi) is 5.69. The first kappa shape index (κ1) is 19.3. The molecule has 7 heteroatoms. The van der Waals surface area contributed by atoms with E-state index in [-0.39, 0.29) is 18.3 Å². The van der Waals surface area contributed by atoms with Crippen LogP contribution in [0.5, 0.6) is 5.75 Å². The van der Waals surface area contributed by atoms with Crippen molar-refractivity contribution >= 4 is 33.7 Å². The minimum atomic E-state index is -0.351. The van der Waals surface area contributed by atoms with Gasteiger partial charge in [-0.1, -0.05) is 29.8 Å². The molecule has 4 aromatic rings. The summed E-state index contributed by atoms with van der Waals surface area (Å²) in [6.45, 7) is 1.90. The molecule has 0 aliphatic heterocycles. The highest BCUT2D eigenvalue weighted by atomic mass is 32.1. The molecule has 0 saturated heterocycles. The molecular weight excluding hydrogens is 407 g/mol. The lowest BCUT2D eigenvalue weighted by molar-refractivity contribution is -0.118. The predicted molar refractivity (Wildman–Crippen MR) is 116 cm³/mol. The first-order valence-electron chi connectivity index (χ1n) is 8.88. The van der Waals surface area contributed by atoms with E-state index in [4.69, 9.17) is 4.74 Å². The van der Waals surface area contributed by atoms with Crippen molar-refractivity contribution in [1.29, 1.82) is 0 Å². The fraction of sp³-hybridized carbons (Fsp3) is 0.0909. The molecule has 1 N–H and O–H groups in total. The van der Waals surface area contributed by atoms with Crippen LogP contribution < -0.4 is 10.1 Å². The molecule has 0 spiro atoms. The van der Waals surface area contributed by atoms with Crippen LogP contribution in [-0.2, 0) is 4.79 Å². The van der Waals surface area contributed by atoms with Crippen molar-refractivity contribution in [3.63, 3.8) is 0 Å². The third-order valence-corrected chi connectivity index (χ3v) is 6.04. The summed E-state index contributed by atoms with van der Waals surface area (Å²) >= 11 is 3.02. The van der Waals surface area contributed by atoms with Crippen LogP contribution in [0, 0.1) is 12.7 Å². The number of carbonyl (C=O) groups excluding carboxylic acids is 1. The Hall–Kier alpha value is -3.03. The number of ether oxygens (including phenoxy) is 1. The summed E-state index contributed by atoms with van der Waals surface area (Å²) in [5.74, 6) is -0.235. The lowest BCUT2D eigenvalue weighted by Gasteiger charge is -2.05. The van der Waals surface area contributed by atoms with Crippen molar-refractivity contribution in [2.24, 2.45) is 0 Å². The number of amides is 1. The fourth-order valence-electron chi connectivity index (χ4n) is 2.63. The maximum atomic E-state index is 12.9. The summed E-state index contributed by atoms with van der Waals surface area (Å²) < 4.78 is 18.2. The Labute approximate surface area is 175 Å². The van der Waals surface area contributed by atoms with Crippen LogP contribution in [0.2, 0.25) is 0 Å². The smallest absolute Gasteiger partial charge is 0.264 e. The summed E-state index contributed by atoms with van der Waals surface area (Å²) in [4.78, 5) is 18.8. The SMILES string of the molecule is Cc1ccc(-c2ccc(-c3csc(NC(=O)COc4ccc(F)cc4)n3)s2)cc1. The number of nitrogens with zero attached hydrogens (tertiary/aromatic N) is 1. The van der Waals surface area contributed by atoms with E-state index in [0.29, 0.717) is 10.9 Å². The van der Waals surface area contributed by atoms with Crippen LogP contribution in [0.4, 0.5) is 9.52 Å². The van der Waals surface area contributed by atoms with Crippen LogP contribution in [0.1, 0.15) is 5.56 Å². The summed E-state index contributed by atoms with van der Waals surface area (Å²) in [6, 6.07) is 18.1. The molecule has 0 aliphatic rings. The van der Waals surface area contributed by atoms with Gasteiger partial charge in [0.1, 0.15) is 11.6 Å². The summed E-state index contributed by atoms with van der Waals surface area (Å²) in [6.07, 6.45) is 0. The molecule has 0 aliphatic carbocycles. The molecule has 2 aromatic carbocycles. The van der Waals surface area contributed by atoms with E-state index in [1.807, 2.05) is 11.4 Å². The molecule has 0 saturated carbocycles. The number of nitrogens with one attached hydrogen (secondary N) is 1. The van der Waals surface area contributed by atoms with Gasteiger partial charge in [-0.15, -0.1) is 22.7 Å². The van der Waals surface area contributed by atoms with Crippen LogP contribution in [0.15, 0.2) is 66.0 Å². The number of carbonyl (C=O) groups is 1. The highest BCUT2D eigenvalue weighted by Gasteiger charge is 2.11. The van der Waals surface area contributed by atoms with Gasteiger partial charge in [0.05, 0.1) is 10.6 Å². The van der Waals surface area contributed by atoms with E-state index in [2.05, 4.69) is 47.6 Å². The Balaban J connectivity index is 1.37. The Morgan fingerprint density at radius 1 is 1.03 bits per heavy atom. The van der Waals surface area contributed by atoms with Crippen molar-refractivity contribution < 1.29 is 13.9 Å². The van der Waals surface area contributed by atoms with Crippen molar-refractivity contribution in [3.05, 3.63) is 77.4 Å². The summed E-state index contributed by atoms with van der Waals surface area (Å²) in [5.41, 5.74) is 3.23. The van der Waals surface area contributed by atoms with Gasteiger partial charge in [0, 0.05) is 10.3 Å². The van der Waals surface area contributed by atoms with E-state index < -0.39 is 0 Å². The normalized spacial score (nSPS) is 10.7. The van der Waals surface area contributed by atoms with Crippen molar-refractivity contribution in [1.82, 2.24) is 4.98 Å². The van der Waals surface area contributed by atoms with Gasteiger partial charge < -0.3 is 4.74 Å². The van der Waals surface area contributed by atoms with Gasteiger partial charge in [-0.3, -0.25) is 10.1 Å². The molecule has 0 fully saturated rings. The molecule has 2 heterocycles. The minimum Gasteiger partial charge on any atom is -0.484 e. The van der Waals surface area contributed by atoms with E-state index in [9.17, 15) is 9.18 Å². The number of aryl methyl sites for hydroxylation is 1. The third kappa shape index (κ3) is 4.88. The van der Waals surface area contributed by atoms with Crippen LogP contribution in [0.3, 0.4) is 0 Å². The molecule has 0 atom stereocenters. The first-order chi connectivity index (χ1) is 14.1. The second-order valence-electron chi connectivity index (χ2n) is 6.36. The summed E-state index contributed by atoms with van der Waals surface area (Å²) in [5, 5.41) is 5.16. The molecule has 0 radical (unpaired) electrons. The van der Waals surface area contributed by atoms with Gasteiger partial charge in [0.15, 0.2) is 11.7 Å². The van der Waals surface area contributed by atoms with E-state index in [1.54, 1.807) is 11.3 Å². The number of thiazole rings is 1. The quantitative estimate of drug-likeness (QED) is 0.413. The Morgan fingerprint density at radius 3 is 2.52 bits per heavy atom. The standard InChI is InChI=1S/C22H17FN2O2S2/c1-14-2-4-15(5-3-14)19-10-11-20(29-19)18-13-28-22(24-18)25-21(26)12-27-17-8-6-16(23)7-9-17/h2-11,13H,12H2,1H3,(H,24,25,26). The number of rotatable bonds is 6. The van der Waals surface area contributed by atoms with Crippen molar-refractivity contribution in [3.8, 4) is 26.8 Å². The zero-order valence-electron chi connectivity index (χ0n) is 15.5. The van der Waals surface area contributed by atoms with Crippen LogP contribution in [0.25, 0.3) is 21.0 Å². The lowest BCUT2D eigenvalue weighted by Crippen LogP contribution is -2.20. The molecule has 2 aromatic heterocycles. The maximum Gasteiger partial charge on any atom is 0.264 e. The zero-order chi connectivity index (χ0) is 20.2. The average molecular weight is 425 g/mol. The topological polar surface area (TPSA) is 51.2 Å². The van der Waals surface area contributed by atoms with E-state index in [1.165, 1.54) is 51.6 Å². The van der Waals surface area contributed by atoms with Gasteiger partial charge in [-0.05, 0) is 48.9 Å². The minimum absolute atomic E-state index is 0.170. The molecular formula is C22H17FN2O2S2. The Bertz CT molecular complexity index is 1120. The predicted octanol–water partition coefficient (Wildman–Crippen LogP) is 6.00. The average Bonchev–Trinajstić information content (AvgIpc) is 3.38. The number of anilines is 1. The molecule has 4 nitrogen and oxygen atoms in total. The molecule has 1 amide bonds. The van der Waals surface area contributed by atoms with E-state index >= 15 is 0 Å². The van der Waals surface area contributed by atoms with Crippen LogP contribution >= 0.6 is 22.7 Å². The maximum absolute atomic E-state index is 12.9. The van der Waals surface area contributed by atoms with Gasteiger partial charge >= 0.3 is 0 Å². The second kappa shape index (κ2) is 8.55. The number of benzene rings is 2. The summed E-state index contributed by atoms with van der Waals surface area (Å²) in [7, 11) is 0. The number of aromatic nitrogens is 1. The first-order valence-corrected chi connectivity index (χ1v) is 10.6. The Morgan fingerprint density at radius 2 is 1.76 bits per heavy atom. The largest absolute Gasteiger partial charge is 0.484 e. The molecule has 146 valence electrons. The van der Waals surface area contributed by atoms with Gasteiger partial charge in [0.2, 0.25) is 0 Å². The monoisotopic (exact) mass is 424 g/mol. The number of hydrogen-bond acceptors (Lipinski definition) is 5. The molecule has 4 rings (SSSR count). The van der Waals surface area contributed by atoms with Crippen molar-refractivity contribution in [2.45, 2.75) is 6.92 Å². The van der Waals surface area contributed by atoms with Gasteiger partial charge in [-0.2, -0.15) is 0 Å².